The zero-order valence-corrected chi connectivity index (χ0v) is 12.0. The Morgan fingerprint density at radius 2 is 1.42 bits per heavy atom. The third-order valence-electron chi connectivity index (χ3n) is 3.21. The molecule has 0 unspecified atom stereocenters. The second kappa shape index (κ2) is 4.88. The van der Waals surface area contributed by atoms with Crippen molar-refractivity contribution in [3.63, 3.8) is 0 Å². The second-order valence-electron chi connectivity index (χ2n) is 4.68. The smallest absolute Gasteiger partial charge is 0.0412 e. The average molecular weight is 287 g/mol. The Labute approximate surface area is 122 Å². The number of halogens is 2. The summed E-state index contributed by atoms with van der Waals surface area (Å²) in [7, 11) is 0. The molecule has 94 valence electrons. The van der Waals surface area contributed by atoms with Crippen molar-refractivity contribution in [1.29, 1.82) is 0 Å². The highest BCUT2D eigenvalue weighted by Crippen LogP contribution is 2.32. The van der Waals surface area contributed by atoms with Gasteiger partial charge in [0.15, 0.2) is 0 Å². The minimum atomic E-state index is 0.753. The van der Waals surface area contributed by atoms with Crippen molar-refractivity contribution in [2.45, 2.75) is 6.92 Å². The summed E-state index contributed by atoms with van der Waals surface area (Å²) in [6.45, 7) is 2.10. The van der Waals surface area contributed by atoms with Crippen molar-refractivity contribution in [3.8, 4) is 11.1 Å². The third kappa shape index (κ3) is 2.47. The zero-order valence-electron chi connectivity index (χ0n) is 10.5. The molecule has 0 fully saturated rings. The van der Waals surface area contributed by atoms with Gasteiger partial charge in [0.05, 0.1) is 0 Å². The first-order chi connectivity index (χ1) is 9.13. The molecule has 0 aliphatic carbocycles. The van der Waals surface area contributed by atoms with Gasteiger partial charge in [-0.15, -0.1) is 0 Å². The molecule has 0 aliphatic heterocycles. The Balaban J connectivity index is 2.30. The van der Waals surface area contributed by atoms with Crippen LogP contribution in [0.1, 0.15) is 5.56 Å². The van der Waals surface area contributed by atoms with Crippen LogP contribution in [0.4, 0.5) is 0 Å². The van der Waals surface area contributed by atoms with Gasteiger partial charge < -0.3 is 0 Å². The summed E-state index contributed by atoms with van der Waals surface area (Å²) in [4.78, 5) is 0. The van der Waals surface area contributed by atoms with Crippen LogP contribution < -0.4 is 0 Å². The Morgan fingerprint density at radius 3 is 2.16 bits per heavy atom. The van der Waals surface area contributed by atoms with Gasteiger partial charge in [-0.1, -0.05) is 53.5 Å². The molecule has 3 aromatic rings. The minimum absolute atomic E-state index is 0.753. The fourth-order valence-electron chi connectivity index (χ4n) is 2.36. The molecule has 0 amide bonds. The van der Waals surface area contributed by atoms with E-state index in [1.165, 1.54) is 22.1 Å². The molecule has 0 aromatic heterocycles. The molecule has 0 atom stereocenters. The fraction of sp³-hybridized carbons (Fsp3) is 0.0588. The quantitative estimate of drug-likeness (QED) is 0.505. The van der Waals surface area contributed by atoms with E-state index in [0.717, 1.165) is 15.4 Å². The van der Waals surface area contributed by atoms with Gasteiger partial charge in [0, 0.05) is 10.0 Å². The number of hydrogen-bond donors (Lipinski definition) is 0. The largest absolute Gasteiger partial charge is 0.0843 e. The lowest BCUT2D eigenvalue weighted by Crippen LogP contribution is -1.84. The second-order valence-corrected chi connectivity index (χ2v) is 5.56. The first-order valence-electron chi connectivity index (χ1n) is 6.09. The minimum Gasteiger partial charge on any atom is -0.0843 e. The predicted octanol–water partition coefficient (Wildman–Crippen LogP) is 6.12. The Bertz CT molecular complexity index is 738. The van der Waals surface area contributed by atoms with E-state index >= 15 is 0 Å². The van der Waals surface area contributed by atoms with Crippen molar-refractivity contribution in [2.75, 3.05) is 0 Å². The fourth-order valence-corrected chi connectivity index (χ4v) is 2.67. The van der Waals surface area contributed by atoms with E-state index in [2.05, 4.69) is 25.1 Å². The van der Waals surface area contributed by atoms with Crippen LogP contribution >= 0.6 is 23.2 Å². The van der Waals surface area contributed by atoms with Crippen molar-refractivity contribution in [2.24, 2.45) is 0 Å². The van der Waals surface area contributed by atoms with Crippen LogP contribution in [0.25, 0.3) is 21.9 Å². The number of benzene rings is 3. The summed E-state index contributed by atoms with van der Waals surface area (Å²) in [5.74, 6) is 0. The first kappa shape index (κ1) is 12.5. The molecule has 0 bridgehead atoms. The highest BCUT2D eigenvalue weighted by molar-refractivity contribution is 6.31. The van der Waals surface area contributed by atoms with Gasteiger partial charge >= 0.3 is 0 Å². The van der Waals surface area contributed by atoms with Crippen LogP contribution in [0.3, 0.4) is 0 Å². The van der Waals surface area contributed by atoms with Crippen LogP contribution in [0.15, 0.2) is 54.6 Å². The molecule has 3 aromatic carbocycles. The monoisotopic (exact) mass is 286 g/mol. The molecule has 0 N–H and O–H groups in total. The molecule has 19 heavy (non-hydrogen) atoms. The van der Waals surface area contributed by atoms with Gasteiger partial charge in [0.1, 0.15) is 0 Å². The van der Waals surface area contributed by atoms with Crippen molar-refractivity contribution >= 4 is 34.0 Å². The van der Waals surface area contributed by atoms with Crippen LogP contribution in [-0.4, -0.2) is 0 Å². The number of fused-ring (bicyclic) bond motifs is 1. The standard InChI is InChI=1S/C17H12Cl2/c1-11-8-13-10-15(19)6-7-16(13)17(9-11)12-2-4-14(18)5-3-12/h2-10H,1H3. The van der Waals surface area contributed by atoms with Crippen molar-refractivity contribution in [3.05, 3.63) is 70.2 Å². The Kier molecular flexibility index (Phi) is 3.22. The summed E-state index contributed by atoms with van der Waals surface area (Å²) in [6, 6.07) is 18.3. The van der Waals surface area contributed by atoms with Crippen LogP contribution in [0, 0.1) is 6.92 Å². The van der Waals surface area contributed by atoms with Crippen LogP contribution in [0.2, 0.25) is 10.0 Å². The van der Waals surface area contributed by atoms with Gasteiger partial charge in [-0.3, -0.25) is 0 Å². The van der Waals surface area contributed by atoms with E-state index < -0.39 is 0 Å². The maximum absolute atomic E-state index is 6.07. The maximum atomic E-state index is 6.07. The highest BCUT2D eigenvalue weighted by Gasteiger charge is 2.05. The topological polar surface area (TPSA) is 0 Å². The summed E-state index contributed by atoms with van der Waals surface area (Å²) in [5, 5.41) is 3.89. The van der Waals surface area contributed by atoms with Gasteiger partial charge in [0.2, 0.25) is 0 Å². The molecular weight excluding hydrogens is 275 g/mol. The molecule has 0 aliphatic rings. The van der Waals surface area contributed by atoms with Gasteiger partial charge in [-0.05, 0) is 58.7 Å². The molecule has 0 saturated carbocycles. The van der Waals surface area contributed by atoms with E-state index in [4.69, 9.17) is 23.2 Å². The maximum Gasteiger partial charge on any atom is 0.0412 e. The van der Waals surface area contributed by atoms with E-state index in [9.17, 15) is 0 Å². The van der Waals surface area contributed by atoms with E-state index in [0.29, 0.717) is 0 Å². The van der Waals surface area contributed by atoms with Crippen molar-refractivity contribution < 1.29 is 0 Å². The van der Waals surface area contributed by atoms with E-state index in [1.54, 1.807) is 0 Å². The average Bonchev–Trinajstić information content (AvgIpc) is 2.38. The lowest BCUT2D eigenvalue weighted by atomic mass is 9.96. The zero-order chi connectivity index (χ0) is 13.4. The summed E-state index contributed by atoms with van der Waals surface area (Å²) >= 11 is 12.0. The number of aryl methyl sites for hydroxylation is 1. The lowest BCUT2D eigenvalue weighted by Gasteiger charge is -2.09. The number of rotatable bonds is 1. The molecular formula is C17H12Cl2. The molecule has 0 heterocycles. The van der Waals surface area contributed by atoms with E-state index in [-0.39, 0.29) is 0 Å². The number of hydrogen-bond acceptors (Lipinski definition) is 0. The normalized spacial score (nSPS) is 10.9. The SMILES string of the molecule is Cc1cc(-c2ccc(Cl)cc2)c2ccc(Cl)cc2c1. The van der Waals surface area contributed by atoms with Gasteiger partial charge in [0.25, 0.3) is 0 Å². The van der Waals surface area contributed by atoms with E-state index in [1.807, 2.05) is 36.4 Å². The summed E-state index contributed by atoms with van der Waals surface area (Å²) in [5.41, 5.74) is 3.60. The molecule has 0 nitrogen and oxygen atoms in total. The van der Waals surface area contributed by atoms with Gasteiger partial charge in [-0.2, -0.15) is 0 Å². The van der Waals surface area contributed by atoms with Crippen molar-refractivity contribution in [1.82, 2.24) is 0 Å². The van der Waals surface area contributed by atoms with Crippen LogP contribution in [0.5, 0.6) is 0 Å². The highest BCUT2D eigenvalue weighted by atomic mass is 35.5. The summed E-state index contributed by atoms with van der Waals surface area (Å²) in [6.07, 6.45) is 0. The molecule has 2 heteroatoms. The molecule has 0 spiro atoms. The van der Waals surface area contributed by atoms with Crippen LogP contribution in [-0.2, 0) is 0 Å². The predicted molar refractivity (Wildman–Crippen MR) is 84.1 cm³/mol. The lowest BCUT2D eigenvalue weighted by molar-refractivity contribution is 1.50. The molecule has 0 saturated heterocycles. The van der Waals surface area contributed by atoms with Gasteiger partial charge in [-0.25, -0.2) is 0 Å². The molecule has 0 radical (unpaired) electrons. The first-order valence-corrected chi connectivity index (χ1v) is 6.85. The third-order valence-corrected chi connectivity index (χ3v) is 3.70. The molecule has 3 rings (SSSR count). The Morgan fingerprint density at radius 1 is 0.737 bits per heavy atom. The summed E-state index contributed by atoms with van der Waals surface area (Å²) < 4.78 is 0. The Hall–Kier alpha value is -1.50.